The Kier molecular flexibility index (Phi) is 3.94. The van der Waals surface area contributed by atoms with Crippen LogP contribution in [-0.2, 0) is 24.3 Å². The molecule has 2 aromatic heterocycles. The second-order valence-electron chi connectivity index (χ2n) is 7.86. The van der Waals surface area contributed by atoms with Gasteiger partial charge in [-0.1, -0.05) is 5.16 Å². The van der Waals surface area contributed by atoms with Gasteiger partial charge in [0.05, 0.1) is 13.2 Å². The zero-order valence-corrected chi connectivity index (χ0v) is 15.4. The highest BCUT2D eigenvalue weighted by Crippen LogP contribution is 2.35. The Morgan fingerprint density at radius 1 is 1.12 bits per heavy atom. The van der Waals surface area contributed by atoms with E-state index in [1.54, 1.807) is 6.33 Å². The van der Waals surface area contributed by atoms with Crippen LogP contribution in [0.1, 0.15) is 28.3 Å². The molecule has 3 aliphatic heterocycles. The fraction of sp³-hybridized carbons (Fsp3) is 0.632. The molecule has 2 saturated heterocycles. The number of aryl methyl sites for hydroxylation is 1. The molecule has 0 amide bonds. The maximum Gasteiger partial charge on any atom is 0.144 e. The van der Waals surface area contributed by atoms with E-state index in [2.05, 4.69) is 38.8 Å². The normalized spacial score (nSPS) is 25.5. The highest BCUT2D eigenvalue weighted by atomic mass is 16.5. The van der Waals surface area contributed by atoms with Crippen molar-refractivity contribution in [1.29, 1.82) is 0 Å². The lowest BCUT2D eigenvalue weighted by atomic mass is 10.0. The van der Waals surface area contributed by atoms with Crippen LogP contribution < -0.4 is 4.90 Å². The molecule has 2 unspecified atom stereocenters. The van der Waals surface area contributed by atoms with Gasteiger partial charge < -0.3 is 14.2 Å². The molecule has 138 valence electrons. The van der Waals surface area contributed by atoms with Gasteiger partial charge in [-0.3, -0.25) is 4.90 Å². The molecule has 0 saturated carbocycles. The molecule has 2 aromatic rings. The maximum absolute atomic E-state index is 5.58. The van der Waals surface area contributed by atoms with E-state index >= 15 is 0 Å². The summed E-state index contributed by atoms with van der Waals surface area (Å²) in [4.78, 5) is 13.8. The van der Waals surface area contributed by atoms with Crippen LogP contribution >= 0.6 is 0 Å². The van der Waals surface area contributed by atoms with Crippen molar-refractivity contribution in [3.8, 4) is 0 Å². The topological polar surface area (TPSA) is 67.5 Å². The quantitative estimate of drug-likeness (QED) is 0.830. The van der Waals surface area contributed by atoms with Crippen molar-refractivity contribution in [1.82, 2.24) is 20.0 Å². The molecule has 0 bridgehead atoms. The van der Waals surface area contributed by atoms with Crippen LogP contribution in [0, 0.1) is 25.7 Å². The molecule has 5 heterocycles. The monoisotopic (exact) mass is 355 g/mol. The summed E-state index contributed by atoms with van der Waals surface area (Å²) >= 11 is 0. The van der Waals surface area contributed by atoms with Crippen molar-refractivity contribution in [3.63, 3.8) is 0 Å². The lowest BCUT2D eigenvalue weighted by Crippen LogP contribution is -2.30. The summed E-state index contributed by atoms with van der Waals surface area (Å²) in [5, 5.41) is 4.32. The molecule has 3 aliphatic rings. The largest absolute Gasteiger partial charge is 0.376 e. The van der Waals surface area contributed by atoms with Crippen LogP contribution in [-0.4, -0.2) is 52.8 Å². The van der Waals surface area contributed by atoms with E-state index < -0.39 is 0 Å². The van der Waals surface area contributed by atoms with Crippen molar-refractivity contribution >= 4 is 5.82 Å². The minimum atomic E-state index is 0.648. The zero-order valence-electron chi connectivity index (χ0n) is 15.4. The summed E-state index contributed by atoms with van der Waals surface area (Å²) in [6.07, 6.45) is 2.54. The number of nitrogens with zero attached hydrogens (tertiary/aromatic N) is 5. The van der Waals surface area contributed by atoms with Crippen LogP contribution in [0.25, 0.3) is 0 Å². The Morgan fingerprint density at radius 2 is 1.92 bits per heavy atom. The van der Waals surface area contributed by atoms with E-state index in [0.29, 0.717) is 18.4 Å². The summed E-state index contributed by atoms with van der Waals surface area (Å²) in [6.45, 7) is 10.8. The van der Waals surface area contributed by atoms with Crippen LogP contribution in [0.15, 0.2) is 10.9 Å². The van der Waals surface area contributed by atoms with Crippen molar-refractivity contribution in [2.45, 2.75) is 33.4 Å². The second kappa shape index (κ2) is 6.32. The van der Waals surface area contributed by atoms with Gasteiger partial charge in [-0.05, 0) is 25.7 Å². The van der Waals surface area contributed by atoms with E-state index in [4.69, 9.17) is 9.26 Å². The minimum absolute atomic E-state index is 0.648. The average Bonchev–Trinajstić information content (AvgIpc) is 3.31. The van der Waals surface area contributed by atoms with Crippen molar-refractivity contribution in [2.24, 2.45) is 11.8 Å². The van der Waals surface area contributed by atoms with E-state index in [-0.39, 0.29) is 0 Å². The van der Waals surface area contributed by atoms with E-state index in [1.165, 1.54) is 11.1 Å². The third kappa shape index (κ3) is 2.70. The van der Waals surface area contributed by atoms with E-state index in [0.717, 1.165) is 68.7 Å². The predicted molar refractivity (Wildman–Crippen MR) is 95.8 cm³/mol. The fourth-order valence-electron chi connectivity index (χ4n) is 4.65. The number of hydrogen-bond donors (Lipinski definition) is 0. The first-order valence-electron chi connectivity index (χ1n) is 9.48. The van der Waals surface area contributed by atoms with Gasteiger partial charge in [-0.2, -0.15) is 0 Å². The van der Waals surface area contributed by atoms with Crippen LogP contribution in [0.4, 0.5) is 5.82 Å². The molecule has 0 aromatic carbocycles. The number of hydrogen-bond acceptors (Lipinski definition) is 7. The van der Waals surface area contributed by atoms with Gasteiger partial charge in [-0.15, -0.1) is 0 Å². The van der Waals surface area contributed by atoms with Gasteiger partial charge >= 0.3 is 0 Å². The number of likely N-dealkylation sites (tertiary alicyclic amines) is 1. The SMILES string of the molecule is Cc1ncnc(N2CC3CN(Cc4noc5c4COCC5)CC3C2)c1C. The Bertz CT molecular complexity index is 806. The number of aromatic nitrogens is 3. The van der Waals surface area contributed by atoms with Gasteiger partial charge in [0.2, 0.25) is 0 Å². The molecule has 2 atom stereocenters. The Hall–Kier alpha value is -1.99. The fourth-order valence-corrected chi connectivity index (χ4v) is 4.65. The maximum atomic E-state index is 5.58. The highest BCUT2D eigenvalue weighted by molar-refractivity contribution is 5.48. The first-order valence-corrected chi connectivity index (χ1v) is 9.48. The number of rotatable bonds is 3. The number of anilines is 1. The van der Waals surface area contributed by atoms with Gasteiger partial charge in [-0.25, -0.2) is 9.97 Å². The zero-order chi connectivity index (χ0) is 17.7. The smallest absolute Gasteiger partial charge is 0.144 e. The molecule has 0 radical (unpaired) electrons. The molecular formula is C19H25N5O2. The van der Waals surface area contributed by atoms with Gasteiger partial charge in [0.25, 0.3) is 0 Å². The lowest BCUT2D eigenvalue weighted by molar-refractivity contribution is 0.102. The molecule has 2 fully saturated rings. The summed E-state index contributed by atoms with van der Waals surface area (Å²) in [5.41, 5.74) is 4.53. The standard InChI is InChI=1S/C19H25N5O2/c1-12-13(2)20-11-21-19(12)24-7-14-5-23(6-15(14)8-24)9-17-16-10-25-4-3-18(16)26-22-17/h11,14-15H,3-10H2,1-2H3. The first kappa shape index (κ1) is 16.2. The molecule has 26 heavy (non-hydrogen) atoms. The Morgan fingerprint density at radius 3 is 2.73 bits per heavy atom. The van der Waals surface area contributed by atoms with Gasteiger partial charge in [0.15, 0.2) is 0 Å². The summed E-state index contributed by atoms with van der Waals surface area (Å²) in [6, 6.07) is 0. The first-order chi connectivity index (χ1) is 12.7. The number of ether oxygens (including phenoxy) is 1. The van der Waals surface area contributed by atoms with Crippen molar-refractivity contribution in [2.75, 3.05) is 37.7 Å². The Labute approximate surface area is 153 Å². The second-order valence-corrected chi connectivity index (χ2v) is 7.86. The highest BCUT2D eigenvalue weighted by Gasteiger charge is 2.41. The summed E-state index contributed by atoms with van der Waals surface area (Å²) in [7, 11) is 0. The van der Waals surface area contributed by atoms with Crippen LogP contribution in [0.5, 0.6) is 0 Å². The van der Waals surface area contributed by atoms with E-state index in [1.807, 2.05) is 0 Å². The molecule has 0 spiro atoms. The molecule has 0 aliphatic carbocycles. The third-order valence-corrected chi connectivity index (χ3v) is 6.22. The predicted octanol–water partition coefficient (Wildman–Crippen LogP) is 1.72. The minimum Gasteiger partial charge on any atom is -0.376 e. The Balaban J connectivity index is 1.25. The lowest BCUT2D eigenvalue weighted by Gasteiger charge is -2.23. The molecule has 5 rings (SSSR count). The average molecular weight is 355 g/mol. The molecular weight excluding hydrogens is 330 g/mol. The summed E-state index contributed by atoms with van der Waals surface area (Å²) < 4.78 is 11.1. The van der Waals surface area contributed by atoms with Crippen molar-refractivity contribution < 1.29 is 9.26 Å². The van der Waals surface area contributed by atoms with Gasteiger partial charge in [0.1, 0.15) is 23.6 Å². The van der Waals surface area contributed by atoms with Crippen molar-refractivity contribution in [3.05, 3.63) is 34.6 Å². The van der Waals surface area contributed by atoms with Crippen LogP contribution in [0.3, 0.4) is 0 Å². The number of fused-ring (bicyclic) bond motifs is 2. The summed E-state index contributed by atoms with van der Waals surface area (Å²) in [5.74, 6) is 3.53. The van der Waals surface area contributed by atoms with Gasteiger partial charge in [0, 0.05) is 56.0 Å². The van der Waals surface area contributed by atoms with Crippen LogP contribution in [0.2, 0.25) is 0 Å². The third-order valence-electron chi connectivity index (χ3n) is 6.22. The molecule has 7 heteroatoms. The molecule has 0 N–H and O–H groups in total. The van der Waals surface area contributed by atoms with E-state index in [9.17, 15) is 0 Å². The molecule has 7 nitrogen and oxygen atoms in total.